The van der Waals surface area contributed by atoms with Crippen LogP contribution in [0.2, 0.25) is 0 Å². The Bertz CT molecular complexity index is 604. The first-order valence-corrected chi connectivity index (χ1v) is 6.95. The molecule has 0 aliphatic heterocycles. The number of carbonyl (C=O) groups excluding carboxylic acids is 1. The molecular weight excluding hydrogens is 325 g/mol. The topological polar surface area (TPSA) is 49.3 Å². The fourth-order valence-electron chi connectivity index (χ4n) is 1.75. The summed E-state index contributed by atoms with van der Waals surface area (Å²) in [6.45, 7) is 0.332. The third-order valence-corrected chi connectivity index (χ3v) is 3.66. The lowest BCUT2D eigenvalue weighted by Gasteiger charge is -2.12. The number of amides is 1. The maximum atomic E-state index is 13.1. The Morgan fingerprint density at radius 2 is 1.95 bits per heavy atom. The van der Waals surface area contributed by atoms with Gasteiger partial charge < -0.3 is 10.4 Å². The van der Waals surface area contributed by atoms with Crippen molar-refractivity contribution in [1.29, 1.82) is 0 Å². The summed E-state index contributed by atoms with van der Waals surface area (Å²) in [5, 5.41) is 12.2. The van der Waals surface area contributed by atoms with E-state index in [-0.39, 0.29) is 16.1 Å². The first-order valence-electron chi connectivity index (χ1n) is 6.03. The maximum absolute atomic E-state index is 13.1. The number of benzene rings is 2. The summed E-state index contributed by atoms with van der Waals surface area (Å²) in [5.74, 6) is -1.32. The van der Waals surface area contributed by atoms with Crippen molar-refractivity contribution in [1.82, 2.24) is 5.32 Å². The predicted octanol–water partition coefficient (Wildman–Crippen LogP) is 3.40. The zero-order valence-electron chi connectivity index (χ0n) is 10.5. The number of phenolic OH excluding ortho intramolecular Hbond substituents is 1. The molecule has 0 heterocycles. The Morgan fingerprint density at radius 3 is 2.65 bits per heavy atom. The Morgan fingerprint density at radius 1 is 1.25 bits per heavy atom. The summed E-state index contributed by atoms with van der Waals surface area (Å²) in [6.07, 6.45) is 0. The van der Waals surface area contributed by atoms with Crippen LogP contribution in [0.3, 0.4) is 0 Å². The predicted molar refractivity (Wildman–Crippen MR) is 78.5 cm³/mol. The highest BCUT2D eigenvalue weighted by Crippen LogP contribution is 2.22. The number of hydrogen-bond donors (Lipinski definition) is 2. The standard InChI is InChI=1S/C15H13BrFNO2/c16-13(10-4-2-1-3-5-10)9-18-15(20)12-8-11(17)6-7-14(12)19/h1-8,13,19H,9H2,(H,18,20). The van der Waals surface area contributed by atoms with Crippen molar-refractivity contribution < 1.29 is 14.3 Å². The van der Waals surface area contributed by atoms with Gasteiger partial charge in [0.2, 0.25) is 0 Å². The van der Waals surface area contributed by atoms with E-state index in [1.165, 1.54) is 0 Å². The molecule has 0 radical (unpaired) electrons. The molecule has 20 heavy (non-hydrogen) atoms. The van der Waals surface area contributed by atoms with E-state index >= 15 is 0 Å². The second-order valence-corrected chi connectivity index (χ2v) is 5.36. The maximum Gasteiger partial charge on any atom is 0.255 e. The van der Waals surface area contributed by atoms with E-state index in [1.54, 1.807) is 0 Å². The highest BCUT2D eigenvalue weighted by molar-refractivity contribution is 9.09. The van der Waals surface area contributed by atoms with Gasteiger partial charge in [0.25, 0.3) is 5.91 Å². The molecule has 0 spiro atoms. The van der Waals surface area contributed by atoms with Crippen molar-refractivity contribution in [3.63, 3.8) is 0 Å². The zero-order valence-corrected chi connectivity index (χ0v) is 12.1. The number of aromatic hydroxyl groups is 1. The van der Waals surface area contributed by atoms with Gasteiger partial charge in [-0.05, 0) is 23.8 Å². The number of halogens is 2. The van der Waals surface area contributed by atoms with E-state index in [0.29, 0.717) is 6.54 Å². The molecule has 1 unspecified atom stereocenters. The van der Waals surface area contributed by atoms with Crippen molar-refractivity contribution in [3.05, 3.63) is 65.5 Å². The molecule has 0 saturated heterocycles. The fourth-order valence-corrected chi connectivity index (χ4v) is 2.21. The zero-order chi connectivity index (χ0) is 14.5. The Kier molecular flexibility index (Phi) is 4.74. The molecule has 3 nitrogen and oxygen atoms in total. The van der Waals surface area contributed by atoms with Gasteiger partial charge in [-0.2, -0.15) is 0 Å². The van der Waals surface area contributed by atoms with Crippen LogP contribution in [0.5, 0.6) is 5.75 Å². The molecular formula is C15H13BrFNO2. The van der Waals surface area contributed by atoms with Gasteiger partial charge in [-0.15, -0.1) is 0 Å². The monoisotopic (exact) mass is 337 g/mol. The molecule has 0 aliphatic rings. The molecule has 0 fully saturated rings. The minimum Gasteiger partial charge on any atom is -0.507 e. The van der Waals surface area contributed by atoms with Crippen LogP contribution in [-0.2, 0) is 0 Å². The Balaban J connectivity index is 2.00. The molecule has 104 valence electrons. The highest BCUT2D eigenvalue weighted by Gasteiger charge is 2.14. The minimum atomic E-state index is -0.564. The normalized spacial score (nSPS) is 11.9. The second-order valence-electron chi connectivity index (χ2n) is 4.25. The number of hydrogen-bond acceptors (Lipinski definition) is 2. The van der Waals surface area contributed by atoms with Crippen LogP contribution in [0, 0.1) is 5.82 Å². The van der Waals surface area contributed by atoms with Gasteiger partial charge in [0.1, 0.15) is 11.6 Å². The number of nitrogens with one attached hydrogen (secondary N) is 1. The lowest BCUT2D eigenvalue weighted by Crippen LogP contribution is -2.26. The van der Waals surface area contributed by atoms with E-state index < -0.39 is 11.7 Å². The lowest BCUT2D eigenvalue weighted by atomic mass is 10.1. The van der Waals surface area contributed by atoms with E-state index in [4.69, 9.17) is 0 Å². The molecule has 0 aromatic heterocycles. The summed E-state index contributed by atoms with van der Waals surface area (Å²) in [5.41, 5.74) is 0.953. The molecule has 2 rings (SSSR count). The largest absolute Gasteiger partial charge is 0.507 e. The Hall–Kier alpha value is -1.88. The highest BCUT2D eigenvalue weighted by atomic mass is 79.9. The average Bonchev–Trinajstić information content (AvgIpc) is 2.47. The van der Waals surface area contributed by atoms with Gasteiger partial charge in [-0.1, -0.05) is 46.3 Å². The van der Waals surface area contributed by atoms with Crippen LogP contribution in [-0.4, -0.2) is 17.6 Å². The molecule has 2 aromatic carbocycles. The first-order chi connectivity index (χ1) is 9.58. The van der Waals surface area contributed by atoms with E-state index in [2.05, 4.69) is 21.2 Å². The number of alkyl halides is 1. The van der Waals surface area contributed by atoms with E-state index in [1.807, 2.05) is 30.3 Å². The van der Waals surface area contributed by atoms with Crippen LogP contribution in [0.4, 0.5) is 4.39 Å². The fraction of sp³-hybridized carbons (Fsp3) is 0.133. The van der Waals surface area contributed by atoms with Gasteiger partial charge in [-0.25, -0.2) is 4.39 Å². The lowest BCUT2D eigenvalue weighted by molar-refractivity contribution is 0.0951. The van der Waals surface area contributed by atoms with Crippen molar-refractivity contribution in [2.24, 2.45) is 0 Å². The van der Waals surface area contributed by atoms with Crippen molar-refractivity contribution in [2.45, 2.75) is 4.83 Å². The molecule has 0 saturated carbocycles. The van der Waals surface area contributed by atoms with Gasteiger partial charge in [0.05, 0.1) is 10.4 Å². The smallest absolute Gasteiger partial charge is 0.255 e. The van der Waals surface area contributed by atoms with Gasteiger partial charge >= 0.3 is 0 Å². The second kappa shape index (κ2) is 6.52. The molecule has 1 amide bonds. The summed E-state index contributed by atoms with van der Waals surface area (Å²) >= 11 is 3.47. The Labute approximate surface area is 124 Å². The molecule has 2 aromatic rings. The molecule has 5 heteroatoms. The third kappa shape index (κ3) is 3.57. The van der Waals surface area contributed by atoms with Crippen LogP contribution in [0.15, 0.2) is 48.5 Å². The van der Waals surface area contributed by atoms with Crippen LogP contribution >= 0.6 is 15.9 Å². The molecule has 1 atom stereocenters. The van der Waals surface area contributed by atoms with Crippen molar-refractivity contribution >= 4 is 21.8 Å². The molecule has 0 bridgehead atoms. The van der Waals surface area contributed by atoms with Crippen molar-refractivity contribution in [2.75, 3.05) is 6.54 Å². The number of phenols is 1. The average molecular weight is 338 g/mol. The quantitative estimate of drug-likeness (QED) is 0.840. The minimum absolute atomic E-state index is 0.0525. The van der Waals surface area contributed by atoms with Crippen LogP contribution in [0.25, 0.3) is 0 Å². The summed E-state index contributed by atoms with van der Waals surface area (Å²) < 4.78 is 13.1. The van der Waals surface area contributed by atoms with Gasteiger partial charge in [0.15, 0.2) is 0 Å². The number of rotatable bonds is 4. The number of carbonyl (C=O) groups is 1. The van der Waals surface area contributed by atoms with Crippen LogP contribution in [0.1, 0.15) is 20.7 Å². The van der Waals surface area contributed by atoms with Crippen LogP contribution < -0.4 is 5.32 Å². The molecule has 2 N–H and O–H groups in total. The van der Waals surface area contributed by atoms with E-state index in [9.17, 15) is 14.3 Å². The SMILES string of the molecule is O=C(NCC(Br)c1ccccc1)c1cc(F)ccc1O. The first kappa shape index (κ1) is 14.5. The summed E-state index contributed by atoms with van der Waals surface area (Å²) in [4.78, 5) is 11.8. The van der Waals surface area contributed by atoms with Crippen molar-refractivity contribution in [3.8, 4) is 5.75 Å². The summed E-state index contributed by atoms with van der Waals surface area (Å²) in [7, 11) is 0. The third-order valence-electron chi connectivity index (χ3n) is 2.81. The van der Waals surface area contributed by atoms with Gasteiger partial charge in [-0.3, -0.25) is 4.79 Å². The van der Waals surface area contributed by atoms with Gasteiger partial charge in [0, 0.05) is 6.54 Å². The van der Waals surface area contributed by atoms with E-state index in [0.717, 1.165) is 23.8 Å². The summed E-state index contributed by atoms with van der Waals surface area (Å²) in [6, 6.07) is 12.9. The molecule has 0 aliphatic carbocycles.